The van der Waals surface area contributed by atoms with Gasteiger partial charge in [-0.3, -0.25) is 0 Å². The van der Waals surface area contributed by atoms with Crippen LogP contribution >= 0.6 is 11.3 Å². The van der Waals surface area contributed by atoms with Crippen molar-refractivity contribution in [2.24, 2.45) is 0 Å². The van der Waals surface area contributed by atoms with Crippen LogP contribution in [-0.2, 0) is 5.41 Å². The van der Waals surface area contributed by atoms with Crippen molar-refractivity contribution in [2.75, 3.05) is 4.90 Å². The van der Waals surface area contributed by atoms with E-state index in [2.05, 4.69) is 290 Å². The van der Waals surface area contributed by atoms with E-state index in [9.17, 15) is 0 Å². The molecule has 0 bridgehead atoms. The van der Waals surface area contributed by atoms with Crippen LogP contribution in [0.4, 0.5) is 17.1 Å². The lowest BCUT2D eigenvalue weighted by Crippen LogP contribution is -2.28. The molecule has 1 heterocycles. The summed E-state index contributed by atoms with van der Waals surface area (Å²) >= 11 is 1.86. The molecule has 1 aromatic heterocycles. The number of benzene rings is 12. The number of fused-ring (bicyclic) bond motifs is 7. The monoisotopic (exact) mass is 945 g/mol. The summed E-state index contributed by atoms with van der Waals surface area (Å²) in [5.41, 5.74) is 20.2. The molecule has 0 unspecified atom stereocenters. The maximum Gasteiger partial charge on any atom is 0.0713 e. The largest absolute Gasteiger partial charge is 0.311 e. The van der Waals surface area contributed by atoms with Crippen LogP contribution in [0.2, 0.25) is 0 Å². The van der Waals surface area contributed by atoms with Gasteiger partial charge >= 0.3 is 0 Å². The molecule has 0 saturated carbocycles. The third-order valence-corrected chi connectivity index (χ3v) is 16.3. The minimum absolute atomic E-state index is 0.457. The van der Waals surface area contributed by atoms with Crippen LogP contribution in [0.3, 0.4) is 0 Å². The van der Waals surface area contributed by atoms with Crippen molar-refractivity contribution in [3.8, 4) is 55.6 Å². The van der Waals surface area contributed by atoms with Crippen molar-refractivity contribution in [1.82, 2.24) is 0 Å². The summed E-state index contributed by atoms with van der Waals surface area (Å²) in [6.07, 6.45) is 0. The standard InChI is InChI=1S/C71H47NS/c1-3-19-57(20-4-1)71(58-21-5-2-6-22-58)66-26-11-9-24-65(66)70-62(25-14-27-67(70)71)51-35-42-61(43-36-51)72(60-40-33-50(34-41-60)56-37-44-64-63-23-10-12-28-68(63)73-69(64)47-56)59-38-31-49(32-39-59)53-17-13-18-54(45-53)55-30-29-48-15-7-8-16-52(48)46-55/h1-47H. The normalized spacial score (nSPS) is 12.5. The molecule has 0 N–H and O–H groups in total. The predicted molar refractivity (Wildman–Crippen MR) is 311 cm³/mol. The highest BCUT2D eigenvalue weighted by Gasteiger charge is 2.46. The van der Waals surface area contributed by atoms with Crippen molar-refractivity contribution in [3.05, 3.63) is 307 Å². The molecule has 1 aliphatic rings. The number of hydrogen-bond donors (Lipinski definition) is 0. The van der Waals surface area contributed by atoms with E-state index in [1.807, 2.05) is 11.3 Å². The maximum absolute atomic E-state index is 2.39. The summed E-state index contributed by atoms with van der Waals surface area (Å²) in [7, 11) is 0. The Labute approximate surface area is 430 Å². The molecular formula is C71H47NS. The van der Waals surface area contributed by atoms with E-state index in [1.54, 1.807) is 0 Å². The average Bonchev–Trinajstić information content (AvgIpc) is 4.00. The molecule has 0 amide bonds. The Kier molecular flexibility index (Phi) is 10.3. The summed E-state index contributed by atoms with van der Waals surface area (Å²) in [6, 6.07) is 105. The zero-order valence-electron chi connectivity index (χ0n) is 40.0. The number of hydrogen-bond acceptors (Lipinski definition) is 2. The molecule has 14 rings (SSSR count). The Morgan fingerprint density at radius 2 is 0.753 bits per heavy atom. The first-order valence-electron chi connectivity index (χ1n) is 25.1. The van der Waals surface area contributed by atoms with Gasteiger partial charge in [-0.2, -0.15) is 0 Å². The lowest BCUT2D eigenvalue weighted by atomic mass is 9.67. The third kappa shape index (κ3) is 7.21. The van der Waals surface area contributed by atoms with Gasteiger partial charge in [0.15, 0.2) is 0 Å². The van der Waals surface area contributed by atoms with Crippen LogP contribution in [0.1, 0.15) is 22.3 Å². The van der Waals surface area contributed by atoms with Crippen LogP contribution in [0.5, 0.6) is 0 Å². The first-order valence-corrected chi connectivity index (χ1v) is 26.0. The van der Waals surface area contributed by atoms with Gasteiger partial charge in [0, 0.05) is 37.2 Å². The molecule has 0 atom stereocenters. The van der Waals surface area contributed by atoms with Crippen molar-refractivity contribution in [3.63, 3.8) is 0 Å². The first kappa shape index (κ1) is 42.8. The number of nitrogens with zero attached hydrogens (tertiary/aromatic N) is 1. The van der Waals surface area contributed by atoms with Gasteiger partial charge in [0.05, 0.1) is 5.41 Å². The van der Waals surface area contributed by atoms with Crippen LogP contribution in [0.15, 0.2) is 285 Å². The summed E-state index contributed by atoms with van der Waals surface area (Å²) in [5.74, 6) is 0. The highest BCUT2D eigenvalue weighted by atomic mass is 32.1. The molecule has 342 valence electrons. The van der Waals surface area contributed by atoms with Gasteiger partial charge in [0.25, 0.3) is 0 Å². The molecule has 1 nitrogen and oxygen atoms in total. The first-order chi connectivity index (χ1) is 36.2. The fourth-order valence-corrected chi connectivity index (χ4v) is 12.9. The molecule has 2 heteroatoms. The van der Waals surface area contributed by atoms with E-state index in [-0.39, 0.29) is 0 Å². The van der Waals surface area contributed by atoms with Gasteiger partial charge in [0.1, 0.15) is 0 Å². The molecule has 0 fully saturated rings. The predicted octanol–water partition coefficient (Wildman–Crippen LogP) is 19.7. The van der Waals surface area contributed by atoms with E-state index in [0.29, 0.717) is 0 Å². The van der Waals surface area contributed by atoms with Crippen LogP contribution in [0.25, 0.3) is 86.6 Å². The third-order valence-electron chi connectivity index (χ3n) is 15.2. The van der Waals surface area contributed by atoms with E-state index >= 15 is 0 Å². The van der Waals surface area contributed by atoms with E-state index < -0.39 is 5.41 Å². The van der Waals surface area contributed by atoms with Crippen molar-refractivity contribution in [2.45, 2.75) is 5.41 Å². The molecule has 1 aliphatic carbocycles. The lowest BCUT2D eigenvalue weighted by molar-refractivity contribution is 0.768. The Hall–Kier alpha value is -9.08. The second-order valence-corrected chi connectivity index (χ2v) is 20.3. The topological polar surface area (TPSA) is 3.24 Å². The van der Waals surface area contributed by atoms with E-state index in [0.717, 1.165) is 17.1 Å². The number of anilines is 3. The zero-order valence-corrected chi connectivity index (χ0v) is 40.8. The molecule has 0 spiro atoms. The number of rotatable bonds is 9. The molecule has 73 heavy (non-hydrogen) atoms. The smallest absolute Gasteiger partial charge is 0.0713 e. The molecule has 12 aromatic carbocycles. The fraction of sp³-hybridized carbons (Fsp3) is 0.0141. The van der Waals surface area contributed by atoms with Gasteiger partial charge in [-0.15, -0.1) is 11.3 Å². The SMILES string of the molecule is c1ccc(C2(c3ccccc3)c3ccccc3-c3c(-c4ccc(N(c5ccc(-c6cccc(-c7ccc8ccccc8c7)c6)cc5)c5ccc(-c6ccc7c(c6)sc6ccccc67)cc5)cc4)cccc32)cc1. The second kappa shape index (κ2) is 17.6. The van der Waals surface area contributed by atoms with Gasteiger partial charge in [-0.1, -0.05) is 224 Å². The summed E-state index contributed by atoms with van der Waals surface area (Å²) in [4.78, 5) is 2.39. The summed E-state index contributed by atoms with van der Waals surface area (Å²) < 4.78 is 2.63. The van der Waals surface area contributed by atoms with Crippen molar-refractivity contribution < 1.29 is 0 Å². The average molecular weight is 946 g/mol. The van der Waals surface area contributed by atoms with Gasteiger partial charge in [-0.25, -0.2) is 0 Å². The molecule has 0 radical (unpaired) electrons. The Morgan fingerprint density at radius 3 is 1.45 bits per heavy atom. The molecule has 0 saturated heterocycles. The van der Waals surface area contributed by atoms with E-state index in [4.69, 9.17) is 0 Å². The molecule has 13 aromatic rings. The Morgan fingerprint density at radius 1 is 0.274 bits per heavy atom. The molecular weight excluding hydrogens is 899 g/mol. The summed E-state index contributed by atoms with van der Waals surface area (Å²) in [5, 5.41) is 5.14. The lowest BCUT2D eigenvalue weighted by Gasteiger charge is -2.34. The Balaban J connectivity index is 0.856. The highest BCUT2D eigenvalue weighted by molar-refractivity contribution is 7.25. The van der Waals surface area contributed by atoms with Gasteiger partial charge in [-0.05, 0) is 149 Å². The van der Waals surface area contributed by atoms with Gasteiger partial charge in [0.2, 0.25) is 0 Å². The minimum atomic E-state index is -0.457. The Bertz CT molecular complexity index is 4130. The second-order valence-electron chi connectivity index (χ2n) is 19.2. The molecule has 0 aliphatic heterocycles. The number of thiophene rings is 1. The fourth-order valence-electron chi connectivity index (χ4n) is 11.7. The van der Waals surface area contributed by atoms with E-state index in [1.165, 1.54) is 109 Å². The zero-order chi connectivity index (χ0) is 48.3. The minimum Gasteiger partial charge on any atom is -0.311 e. The van der Waals surface area contributed by atoms with Crippen LogP contribution < -0.4 is 4.90 Å². The quantitative estimate of drug-likeness (QED) is 0.139. The van der Waals surface area contributed by atoms with Crippen LogP contribution in [-0.4, -0.2) is 0 Å². The van der Waals surface area contributed by atoms with Crippen LogP contribution in [0, 0.1) is 0 Å². The summed E-state index contributed by atoms with van der Waals surface area (Å²) in [6.45, 7) is 0. The van der Waals surface area contributed by atoms with Gasteiger partial charge < -0.3 is 4.90 Å². The van der Waals surface area contributed by atoms with Crippen molar-refractivity contribution >= 4 is 59.3 Å². The highest BCUT2D eigenvalue weighted by Crippen LogP contribution is 2.58. The maximum atomic E-state index is 2.39. The van der Waals surface area contributed by atoms with Crippen molar-refractivity contribution in [1.29, 1.82) is 0 Å².